The second-order valence-corrected chi connectivity index (χ2v) is 5.89. The summed E-state index contributed by atoms with van der Waals surface area (Å²) < 4.78 is 5.33. The molecule has 1 saturated carbocycles. The topological polar surface area (TPSA) is 73.9 Å². The Morgan fingerprint density at radius 3 is 2.61 bits per heavy atom. The number of carbonyl (C=O) groups excluding carboxylic acids is 2. The molecule has 1 aromatic rings. The molecule has 0 radical (unpaired) electrons. The largest absolute Gasteiger partial charge is 0.495 e. The number of rotatable bonds is 5. The van der Waals surface area contributed by atoms with Gasteiger partial charge in [0.25, 0.3) is 0 Å². The van der Waals surface area contributed by atoms with E-state index < -0.39 is 0 Å². The Labute approximate surface area is 135 Å². The van der Waals surface area contributed by atoms with Crippen LogP contribution in [0.25, 0.3) is 0 Å². The summed E-state index contributed by atoms with van der Waals surface area (Å²) in [6.07, 6.45) is 2.98. The molecule has 1 heterocycles. The number of methoxy groups -OCH3 is 1. The Hall–Kier alpha value is -2.44. The minimum atomic E-state index is -0.200. The van der Waals surface area contributed by atoms with E-state index in [-0.39, 0.29) is 6.03 Å². The van der Waals surface area contributed by atoms with E-state index in [2.05, 4.69) is 15.5 Å². The van der Waals surface area contributed by atoms with E-state index in [9.17, 15) is 9.59 Å². The number of piperazine rings is 1. The van der Waals surface area contributed by atoms with Gasteiger partial charge < -0.3 is 25.2 Å². The van der Waals surface area contributed by atoms with Crippen molar-refractivity contribution in [3.05, 3.63) is 18.2 Å². The summed E-state index contributed by atoms with van der Waals surface area (Å²) in [5.74, 6) is 0.631. The molecule has 124 valence electrons. The van der Waals surface area contributed by atoms with Crippen molar-refractivity contribution in [2.24, 2.45) is 0 Å². The number of nitrogens with one attached hydrogen (secondary N) is 2. The Kier molecular flexibility index (Phi) is 4.55. The van der Waals surface area contributed by atoms with Crippen LogP contribution in [0.15, 0.2) is 18.2 Å². The smallest absolute Gasteiger partial charge is 0.319 e. The van der Waals surface area contributed by atoms with Crippen molar-refractivity contribution in [2.45, 2.75) is 18.9 Å². The van der Waals surface area contributed by atoms with Gasteiger partial charge in [-0.15, -0.1) is 0 Å². The Morgan fingerprint density at radius 1 is 1.26 bits per heavy atom. The zero-order valence-corrected chi connectivity index (χ0v) is 13.2. The molecule has 0 bridgehead atoms. The normalized spacial score (nSPS) is 17.6. The first-order valence-electron chi connectivity index (χ1n) is 7.89. The molecular formula is C16H22N4O3. The number of anilines is 2. The first-order chi connectivity index (χ1) is 11.2. The molecule has 0 unspecified atom stereocenters. The van der Waals surface area contributed by atoms with Crippen molar-refractivity contribution >= 4 is 23.8 Å². The minimum Gasteiger partial charge on any atom is -0.495 e. The third-order valence-corrected chi connectivity index (χ3v) is 4.17. The van der Waals surface area contributed by atoms with Gasteiger partial charge in [0.1, 0.15) is 5.75 Å². The summed E-state index contributed by atoms with van der Waals surface area (Å²) in [6.45, 7) is 2.97. The molecule has 3 rings (SSSR count). The molecule has 0 aromatic heterocycles. The standard InChI is InChI=1S/C16H22N4O3/c1-23-15-5-4-13(20-8-6-19(11-21)7-9-20)10-14(15)18-16(22)17-12-2-3-12/h4-5,10-12H,2-3,6-9H2,1H3,(H2,17,18,22). The fourth-order valence-electron chi connectivity index (χ4n) is 2.65. The quantitative estimate of drug-likeness (QED) is 0.802. The number of hydrogen-bond donors (Lipinski definition) is 2. The van der Waals surface area contributed by atoms with Crippen molar-refractivity contribution in [3.8, 4) is 5.75 Å². The highest BCUT2D eigenvalue weighted by Gasteiger charge is 2.24. The monoisotopic (exact) mass is 318 g/mol. The zero-order valence-electron chi connectivity index (χ0n) is 13.2. The number of benzene rings is 1. The third-order valence-electron chi connectivity index (χ3n) is 4.17. The number of carbonyl (C=O) groups is 2. The second kappa shape index (κ2) is 6.76. The summed E-state index contributed by atoms with van der Waals surface area (Å²) in [5.41, 5.74) is 1.67. The summed E-state index contributed by atoms with van der Waals surface area (Å²) in [6, 6.07) is 5.85. The number of urea groups is 1. The van der Waals surface area contributed by atoms with Crippen LogP contribution in [0.4, 0.5) is 16.2 Å². The molecule has 2 fully saturated rings. The Bertz CT molecular complexity index is 581. The van der Waals surface area contributed by atoms with Crippen LogP contribution in [0.1, 0.15) is 12.8 Å². The predicted molar refractivity (Wildman–Crippen MR) is 88.0 cm³/mol. The highest BCUT2D eigenvalue weighted by Crippen LogP contribution is 2.30. The van der Waals surface area contributed by atoms with Gasteiger partial charge >= 0.3 is 6.03 Å². The molecule has 1 aliphatic heterocycles. The highest BCUT2D eigenvalue weighted by molar-refractivity contribution is 5.92. The van der Waals surface area contributed by atoms with Gasteiger partial charge in [-0.2, -0.15) is 0 Å². The molecule has 1 saturated heterocycles. The summed E-state index contributed by atoms with van der Waals surface area (Å²) in [5, 5.41) is 5.77. The lowest BCUT2D eigenvalue weighted by Crippen LogP contribution is -2.45. The molecule has 7 nitrogen and oxygen atoms in total. The molecule has 2 aliphatic rings. The summed E-state index contributed by atoms with van der Waals surface area (Å²) in [7, 11) is 1.59. The number of amides is 3. The van der Waals surface area contributed by atoms with Crippen molar-refractivity contribution in [2.75, 3.05) is 43.5 Å². The van der Waals surface area contributed by atoms with Gasteiger partial charge in [0.05, 0.1) is 12.8 Å². The maximum absolute atomic E-state index is 12.0. The van der Waals surface area contributed by atoms with E-state index in [0.717, 1.165) is 38.0 Å². The maximum Gasteiger partial charge on any atom is 0.319 e. The van der Waals surface area contributed by atoms with Crippen LogP contribution in [0.5, 0.6) is 5.75 Å². The molecule has 7 heteroatoms. The molecule has 0 atom stereocenters. The average Bonchev–Trinajstić information content (AvgIpc) is 3.38. The van der Waals surface area contributed by atoms with Gasteiger partial charge in [-0.05, 0) is 31.0 Å². The highest BCUT2D eigenvalue weighted by atomic mass is 16.5. The molecule has 1 aromatic carbocycles. The van der Waals surface area contributed by atoms with Crippen molar-refractivity contribution in [1.29, 1.82) is 0 Å². The van der Waals surface area contributed by atoms with Gasteiger partial charge in [0.15, 0.2) is 0 Å². The van der Waals surface area contributed by atoms with Gasteiger partial charge in [0.2, 0.25) is 6.41 Å². The van der Waals surface area contributed by atoms with Crippen LogP contribution in [-0.4, -0.2) is 56.7 Å². The number of ether oxygens (including phenoxy) is 1. The fourth-order valence-corrected chi connectivity index (χ4v) is 2.65. The zero-order chi connectivity index (χ0) is 16.2. The van der Waals surface area contributed by atoms with Crippen LogP contribution in [0, 0.1) is 0 Å². The maximum atomic E-state index is 12.0. The first-order valence-corrected chi connectivity index (χ1v) is 7.89. The fraction of sp³-hybridized carbons (Fsp3) is 0.500. The van der Waals surface area contributed by atoms with E-state index in [1.165, 1.54) is 0 Å². The first kappa shape index (κ1) is 15.5. The van der Waals surface area contributed by atoms with Gasteiger partial charge in [-0.25, -0.2) is 4.79 Å². The summed E-state index contributed by atoms with van der Waals surface area (Å²) in [4.78, 5) is 26.7. The van der Waals surface area contributed by atoms with E-state index >= 15 is 0 Å². The number of nitrogens with zero attached hydrogens (tertiary/aromatic N) is 2. The Balaban J connectivity index is 1.70. The lowest BCUT2D eigenvalue weighted by molar-refractivity contribution is -0.118. The predicted octanol–water partition coefficient (Wildman–Crippen LogP) is 1.26. The SMILES string of the molecule is COc1ccc(N2CCN(C=O)CC2)cc1NC(=O)NC1CC1. The van der Waals surface area contributed by atoms with E-state index in [1.807, 2.05) is 18.2 Å². The molecular weight excluding hydrogens is 296 g/mol. The molecule has 2 N–H and O–H groups in total. The second-order valence-electron chi connectivity index (χ2n) is 5.89. The van der Waals surface area contributed by atoms with E-state index in [1.54, 1.807) is 12.0 Å². The lowest BCUT2D eigenvalue weighted by atomic mass is 10.2. The molecule has 23 heavy (non-hydrogen) atoms. The van der Waals surface area contributed by atoms with Gasteiger partial charge in [-0.3, -0.25) is 4.79 Å². The molecule has 3 amide bonds. The molecule has 0 spiro atoms. The van der Waals surface area contributed by atoms with Crippen LogP contribution < -0.4 is 20.3 Å². The van der Waals surface area contributed by atoms with E-state index in [4.69, 9.17) is 4.74 Å². The van der Waals surface area contributed by atoms with Crippen LogP contribution >= 0.6 is 0 Å². The third kappa shape index (κ3) is 3.85. The van der Waals surface area contributed by atoms with Crippen molar-refractivity contribution in [1.82, 2.24) is 10.2 Å². The van der Waals surface area contributed by atoms with Crippen LogP contribution in [0.3, 0.4) is 0 Å². The van der Waals surface area contributed by atoms with Crippen LogP contribution in [-0.2, 0) is 4.79 Å². The molecule has 1 aliphatic carbocycles. The average molecular weight is 318 g/mol. The Morgan fingerprint density at radius 2 is 2.00 bits per heavy atom. The minimum absolute atomic E-state index is 0.200. The lowest BCUT2D eigenvalue weighted by Gasteiger charge is -2.34. The number of hydrogen-bond acceptors (Lipinski definition) is 4. The summed E-state index contributed by atoms with van der Waals surface area (Å²) >= 11 is 0. The van der Waals surface area contributed by atoms with E-state index in [0.29, 0.717) is 30.6 Å². The van der Waals surface area contributed by atoms with Crippen LogP contribution in [0.2, 0.25) is 0 Å². The van der Waals surface area contributed by atoms with Crippen molar-refractivity contribution < 1.29 is 14.3 Å². The van der Waals surface area contributed by atoms with Gasteiger partial charge in [0, 0.05) is 37.9 Å². The van der Waals surface area contributed by atoms with Gasteiger partial charge in [-0.1, -0.05) is 0 Å². The van der Waals surface area contributed by atoms with Crippen molar-refractivity contribution in [3.63, 3.8) is 0 Å².